The Labute approximate surface area is 105 Å². The van der Waals surface area contributed by atoms with Gasteiger partial charge in [0.1, 0.15) is 5.69 Å². The highest BCUT2D eigenvalue weighted by atomic mass is 19.4. The highest BCUT2D eigenvalue weighted by molar-refractivity contribution is 5.63. The van der Waals surface area contributed by atoms with Gasteiger partial charge in [0, 0.05) is 6.20 Å². The predicted octanol–water partition coefficient (Wildman–Crippen LogP) is 4.40. The molecule has 0 amide bonds. The number of alkyl halides is 5. The Bertz CT molecular complexity index is 563. The van der Waals surface area contributed by atoms with Crippen LogP contribution in [0.3, 0.4) is 0 Å². The van der Waals surface area contributed by atoms with E-state index in [1.807, 2.05) is 0 Å². The molecule has 1 nitrogen and oxygen atoms in total. The smallest absolute Gasteiger partial charge is 0.255 e. The summed E-state index contributed by atoms with van der Waals surface area (Å²) in [6, 6.07) is 10.4. The number of hydrogen-bond acceptors (Lipinski definition) is 1. The van der Waals surface area contributed by atoms with Gasteiger partial charge in [-0.25, -0.2) is 0 Å². The third-order valence-electron chi connectivity index (χ3n) is 2.54. The van der Waals surface area contributed by atoms with E-state index in [1.54, 1.807) is 30.3 Å². The Kier molecular flexibility index (Phi) is 3.26. The molecule has 1 heterocycles. The molecule has 0 unspecified atom stereocenters. The van der Waals surface area contributed by atoms with Crippen molar-refractivity contribution < 1.29 is 22.0 Å². The van der Waals surface area contributed by atoms with Gasteiger partial charge in [-0.1, -0.05) is 30.3 Å². The summed E-state index contributed by atoms with van der Waals surface area (Å²) in [5.74, 6) is -4.96. The Balaban J connectivity index is 2.47. The van der Waals surface area contributed by atoms with E-state index in [1.165, 1.54) is 6.07 Å². The van der Waals surface area contributed by atoms with Crippen LogP contribution in [-0.2, 0) is 5.92 Å². The van der Waals surface area contributed by atoms with Crippen LogP contribution in [-0.4, -0.2) is 11.2 Å². The Morgan fingerprint density at radius 2 is 1.42 bits per heavy atom. The molecule has 0 saturated heterocycles. The average molecular weight is 273 g/mol. The zero-order valence-electron chi connectivity index (χ0n) is 9.46. The van der Waals surface area contributed by atoms with E-state index in [9.17, 15) is 22.0 Å². The molecule has 1 aromatic carbocycles. The van der Waals surface area contributed by atoms with E-state index < -0.39 is 17.8 Å². The van der Waals surface area contributed by atoms with Gasteiger partial charge in [0.25, 0.3) is 0 Å². The lowest BCUT2D eigenvalue weighted by atomic mass is 10.0. The van der Waals surface area contributed by atoms with Crippen LogP contribution in [0, 0.1) is 0 Å². The molecule has 2 aromatic rings. The van der Waals surface area contributed by atoms with Crippen molar-refractivity contribution in [3.05, 3.63) is 54.4 Å². The molecule has 0 N–H and O–H groups in total. The van der Waals surface area contributed by atoms with E-state index in [-0.39, 0.29) is 5.56 Å². The molecule has 0 spiro atoms. The van der Waals surface area contributed by atoms with Crippen molar-refractivity contribution in [2.45, 2.75) is 12.1 Å². The molecule has 2 rings (SSSR count). The van der Waals surface area contributed by atoms with E-state index in [0.29, 0.717) is 5.56 Å². The first kappa shape index (κ1) is 13.5. The third-order valence-corrected chi connectivity index (χ3v) is 2.54. The molecule has 6 heteroatoms. The molecule has 0 bridgehead atoms. The highest BCUT2D eigenvalue weighted by Crippen LogP contribution is 2.43. The second-order valence-electron chi connectivity index (χ2n) is 3.87. The summed E-state index contributed by atoms with van der Waals surface area (Å²) in [6.45, 7) is 0. The first-order valence-corrected chi connectivity index (χ1v) is 5.29. The van der Waals surface area contributed by atoms with Gasteiger partial charge in [0.05, 0.1) is 0 Å². The molecule has 0 saturated carbocycles. The maximum Gasteiger partial charge on any atom is 0.459 e. The van der Waals surface area contributed by atoms with Gasteiger partial charge in [-0.15, -0.1) is 0 Å². The van der Waals surface area contributed by atoms with Crippen molar-refractivity contribution in [1.29, 1.82) is 0 Å². The molecule has 19 heavy (non-hydrogen) atoms. The van der Waals surface area contributed by atoms with Crippen LogP contribution in [0.25, 0.3) is 11.1 Å². The van der Waals surface area contributed by atoms with Gasteiger partial charge < -0.3 is 0 Å². The monoisotopic (exact) mass is 273 g/mol. The number of nitrogens with zero attached hydrogens (tertiary/aromatic N) is 1. The second-order valence-corrected chi connectivity index (χ2v) is 3.87. The lowest BCUT2D eigenvalue weighted by Gasteiger charge is -2.19. The van der Waals surface area contributed by atoms with Gasteiger partial charge in [0.15, 0.2) is 0 Å². The second kappa shape index (κ2) is 4.60. The van der Waals surface area contributed by atoms with E-state index >= 15 is 0 Å². The number of hydrogen-bond donors (Lipinski definition) is 0. The quantitative estimate of drug-likeness (QED) is 0.739. The van der Waals surface area contributed by atoms with Crippen molar-refractivity contribution in [2.75, 3.05) is 0 Å². The van der Waals surface area contributed by atoms with E-state index in [0.717, 1.165) is 12.3 Å². The summed E-state index contributed by atoms with van der Waals surface area (Å²) in [7, 11) is 0. The number of benzene rings is 1. The summed E-state index contributed by atoms with van der Waals surface area (Å²) in [6.07, 6.45) is -4.72. The number of halogens is 5. The van der Waals surface area contributed by atoms with Gasteiger partial charge in [-0.2, -0.15) is 22.0 Å². The van der Waals surface area contributed by atoms with Crippen molar-refractivity contribution >= 4 is 0 Å². The van der Waals surface area contributed by atoms with E-state index in [2.05, 4.69) is 4.98 Å². The molecular weight excluding hydrogens is 265 g/mol. The summed E-state index contributed by atoms with van der Waals surface area (Å²) in [5.41, 5.74) is -0.500. The molecule has 1 aromatic heterocycles. The largest absolute Gasteiger partial charge is 0.459 e. The number of aromatic nitrogens is 1. The lowest BCUT2D eigenvalue weighted by Crippen LogP contribution is -2.34. The number of rotatable bonds is 2. The zero-order valence-corrected chi connectivity index (χ0v) is 9.46. The van der Waals surface area contributed by atoms with Crippen molar-refractivity contribution in [3.8, 4) is 11.1 Å². The van der Waals surface area contributed by atoms with Crippen LogP contribution < -0.4 is 0 Å². The minimum Gasteiger partial charge on any atom is -0.255 e. The van der Waals surface area contributed by atoms with Gasteiger partial charge in [-0.3, -0.25) is 4.98 Å². The molecule has 0 aliphatic carbocycles. The molecule has 0 aliphatic rings. The van der Waals surface area contributed by atoms with Crippen LogP contribution in [0.4, 0.5) is 22.0 Å². The van der Waals surface area contributed by atoms with Gasteiger partial charge in [0.2, 0.25) is 0 Å². The maximum atomic E-state index is 13.2. The van der Waals surface area contributed by atoms with Crippen LogP contribution in [0.2, 0.25) is 0 Å². The topological polar surface area (TPSA) is 12.9 Å². The van der Waals surface area contributed by atoms with Crippen molar-refractivity contribution in [1.82, 2.24) is 4.98 Å². The highest BCUT2D eigenvalue weighted by Gasteiger charge is 2.59. The summed E-state index contributed by atoms with van der Waals surface area (Å²) >= 11 is 0. The SMILES string of the molecule is FC(F)(F)C(F)(F)c1cc(-c2ccccc2)ccn1. The third kappa shape index (κ3) is 2.57. The Hall–Kier alpha value is -1.98. The fourth-order valence-corrected chi connectivity index (χ4v) is 1.56. The first-order chi connectivity index (χ1) is 8.82. The lowest BCUT2D eigenvalue weighted by molar-refractivity contribution is -0.290. The Morgan fingerprint density at radius 1 is 0.789 bits per heavy atom. The van der Waals surface area contributed by atoms with E-state index in [4.69, 9.17) is 0 Å². The fraction of sp³-hybridized carbons (Fsp3) is 0.154. The van der Waals surface area contributed by atoms with Crippen molar-refractivity contribution in [3.63, 3.8) is 0 Å². The molecule has 0 radical (unpaired) electrons. The summed E-state index contributed by atoms with van der Waals surface area (Å²) < 4.78 is 63.1. The van der Waals surface area contributed by atoms with Gasteiger partial charge >= 0.3 is 12.1 Å². The minimum absolute atomic E-state index is 0.259. The van der Waals surface area contributed by atoms with Crippen LogP contribution >= 0.6 is 0 Å². The number of pyridine rings is 1. The van der Waals surface area contributed by atoms with Crippen LogP contribution in [0.1, 0.15) is 5.69 Å². The predicted molar refractivity (Wildman–Crippen MR) is 59.6 cm³/mol. The molecule has 0 aliphatic heterocycles. The molecule has 0 atom stereocenters. The normalized spacial score (nSPS) is 12.5. The summed E-state index contributed by atoms with van der Waals surface area (Å²) in [4.78, 5) is 3.13. The first-order valence-electron chi connectivity index (χ1n) is 5.29. The molecular formula is C13H8F5N. The van der Waals surface area contributed by atoms with Gasteiger partial charge in [-0.05, 0) is 23.3 Å². The summed E-state index contributed by atoms with van der Waals surface area (Å²) in [5, 5.41) is 0. The molecule has 0 fully saturated rings. The van der Waals surface area contributed by atoms with Crippen LogP contribution in [0.15, 0.2) is 48.7 Å². The Morgan fingerprint density at radius 3 is 2.00 bits per heavy atom. The minimum atomic E-state index is -5.66. The van der Waals surface area contributed by atoms with Crippen molar-refractivity contribution in [2.24, 2.45) is 0 Å². The standard InChI is InChI=1S/C13H8F5N/c14-12(15,13(16,17)18)11-8-10(6-7-19-11)9-4-2-1-3-5-9/h1-8H. The molecule has 100 valence electrons. The maximum absolute atomic E-state index is 13.2. The fourth-order valence-electron chi connectivity index (χ4n) is 1.56. The zero-order chi connectivity index (χ0) is 14.1. The average Bonchev–Trinajstić information content (AvgIpc) is 2.39. The van der Waals surface area contributed by atoms with Crippen LogP contribution in [0.5, 0.6) is 0 Å².